The number of nitrogens with one attached hydrogen (secondary N) is 1. The molecule has 21 heavy (non-hydrogen) atoms. The van der Waals surface area contributed by atoms with Gasteiger partial charge in [-0.05, 0) is 51.4 Å². The van der Waals surface area contributed by atoms with Gasteiger partial charge < -0.3 is 5.32 Å². The summed E-state index contributed by atoms with van der Waals surface area (Å²) in [5.74, 6) is 0. The molecular formula is C16H28N2O2S. The fourth-order valence-electron chi connectivity index (χ4n) is 2.36. The van der Waals surface area contributed by atoms with Crippen LogP contribution < -0.4 is 5.32 Å². The highest BCUT2D eigenvalue weighted by Gasteiger charge is 2.25. The van der Waals surface area contributed by atoms with Gasteiger partial charge in [0.25, 0.3) is 0 Å². The summed E-state index contributed by atoms with van der Waals surface area (Å²) in [4.78, 5) is 0.365. The molecule has 0 fully saturated rings. The zero-order valence-electron chi connectivity index (χ0n) is 13.8. The number of sulfonamides is 1. The topological polar surface area (TPSA) is 49.4 Å². The van der Waals surface area contributed by atoms with Crippen molar-refractivity contribution in [2.24, 2.45) is 0 Å². The van der Waals surface area contributed by atoms with E-state index in [1.165, 1.54) is 4.31 Å². The summed E-state index contributed by atoms with van der Waals surface area (Å²) >= 11 is 0. The lowest BCUT2D eigenvalue weighted by Gasteiger charge is -2.24. The van der Waals surface area contributed by atoms with Gasteiger partial charge in [0.1, 0.15) is 0 Å². The van der Waals surface area contributed by atoms with Gasteiger partial charge in [0, 0.05) is 18.6 Å². The first-order valence-electron chi connectivity index (χ1n) is 7.69. The van der Waals surface area contributed by atoms with E-state index in [0.29, 0.717) is 11.4 Å². The Bertz CT molecular complexity index is 524. The molecule has 1 N–H and O–H groups in total. The summed E-state index contributed by atoms with van der Waals surface area (Å²) in [6.07, 6.45) is 1.08. The number of hydrogen-bond acceptors (Lipinski definition) is 3. The summed E-state index contributed by atoms with van der Waals surface area (Å²) in [5.41, 5.74) is 1.11. The maximum absolute atomic E-state index is 12.6. The molecule has 0 aliphatic carbocycles. The molecule has 0 aromatic heterocycles. The van der Waals surface area contributed by atoms with Gasteiger partial charge in [0.15, 0.2) is 0 Å². The van der Waals surface area contributed by atoms with Gasteiger partial charge in [-0.1, -0.05) is 26.0 Å². The maximum atomic E-state index is 12.6. The average molecular weight is 312 g/mol. The summed E-state index contributed by atoms with van der Waals surface area (Å²) in [6, 6.07) is 7.40. The second kappa shape index (κ2) is 7.92. The summed E-state index contributed by atoms with van der Waals surface area (Å²) in [5, 5.41) is 3.40. The predicted octanol–water partition coefficient (Wildman–Crippen LogP) is 3.17. The minimum Gasteiger partial charge on any atom is -0.310 e. The molecule has 5 heteroatoms. The number of hydrogen-bond donors (Lipinski definition) is 1. The molecule has 0 heterocycles. The van der Waals surface area contributed by atoms with E-state index in [1.807, 2.05) is 32.9 Å². The normalized spacial score (nSPS) is 13.9. The van der Waals surface area contributed by atoms with Crippen molar-refractivity contribution in [3.05, 3.63) is 29.8 Å². The Hall–Kier alpha value is -0.910. The van der Waals surface area contributed by atoms with E-state index >= 15 is 0 Å². The smallest absolute Gasteiger partial charge is 0.243 e. The Morgan fingerprint density at radius 1 is 1.10 bits per heavy atom. The van der Waals surface area contributed by atoms with Gasteiger partial charge in [-0.25, -0.2) is 8.42 Å². The quantitative estimate of drug-likeness (QED) is 0.802. The monoisotopic (exact) mass is 312 g/mol. The molecule has 1 rings (SSSR count). The van der Waals surface area contributed by atoms with Crippen LogP contribution in [0.4, 0.5) is 0 Å². The van der Waals surface area contributed by atoms with Gasteiger partial charge in [-0.2, -0.15) is 4.31 Å². The lowest BCUT2D eigenvalue weighted by molar-refractivity contribution is 0.369. The van der Waals surface area contributed by atoms with Crippen molar-refractivity contribution >= 4 is 10.0 Å². The van der Waals surface area contributed by atoms with Crippen LogP contribution in [0.2, 0.25) is 0 Å². The van der Waals surface area contributed by atoms with Crippen molar-refractivity contribution in [1.82, 2.24) is 9.62 Å². The molecule has 0 spiro atoms. The molecule has 0 saturated heterocycles. The fourth-order valence-corrected chi connectivity index (χ4v) is 4.00. The minimum atomic E-state index is -3.40. The van der Waals surface area contributed by atoms with Crippen molar-refractivity contribution in [2.45, 2.75) is 58.0 Å². The molecule has 0 aliphatic heterocycles. The van der Waals surface area contributed by atoms with Crippen molar-refractivity contribution in [3.8, 4) is 0 Å². The number of rotatable bonds is 8. The van der Waals surface area contributed by atoms with E-state index in [4.69, 9.17) is 0 Å². The molecular weight excluding hydrogens is 284 g/mol. The molecule has 1 aromatic rings. The van der Waals surface area contributed by atoms with E-state index in [9.17, 15) is 8.42 Å². The van der Waals surface area contributed by atoms with Crippen LogP contribution in [-0.2, 0) is 10.0 Å². The molecule has 0 bridgehead atoms. The third kappa shape index (κ3) is 4.53. The van der Waals surface area contributed by atoms with Crippen molar-refractivity contribution in [2.75, 3.05) is 13.1 Å². The van der Waals surface area contributed by atoms with Crippen molar-refractivity contribution in [3.63, 3.8) is 0 Å². The lowest BCUT2D eigenvalue weighted by atomic mass is 10.1. The highest BCUT2D eigenvalue weighted by molar-refractivity contribution is 7.89. The number of benzene rings is 1. The molecule has 0 saturated carbocycles. The third-order valence-corrected chi connectivity index (χ3v) is 5.74. The van der Waals surface area contributed by atoms with Gasteiger partial charge in [0.2, 0.25) is 10.0 Å². The van der Waals surface area contributed by atoms with Gasteiger partial charge in [-0.3, -0.25) is 0 Å². The van der Waals surface area contributed by atoms with Crippen LogP contribution in [0.5, 0.6) is 0 Å². The van der Waals surface area contributed by atoms with Crippen LogP contribution in [0.15, 0.2) is 29.2 Å². The largest absolute Gasteiger partial charge is 0.310 e. The second-order valence-electron chi connectivity index (χ2n) is 5.55. The number of nitrogens with zero attached hydrogens (tertiary/aromatic N) is 1. The molecule has 0 amide bonds. The van der Waals surface area contributed by atoms with E-state index in [2.05, 4.69) is 19.2 Å². The molecule has 1 aromatic carbocycles. The van der Waals surface area contributed by atoms with Gasteiger partial charge in [0.05, 0.1) is 4.90 Å². The Kier molecular flexibility index (Phi) is 6.84. The van der Waals surface area contributed by atoms with Gasteiger partial charge >= 0.3 is 0 Å². The second-order valence-corrected chi connectivity index (χ2v) is 7.44. The summed E-state index contributed by atoms with van der Waals surface area (Å²) in [7, 11) is -3.40. The van der Waals surface area contributed by atoms with Crippen LogP contribution in [0, 0.1) is 0 Å². The van der Waals surface area contributed by atoms with Crippen LogP contribution in [-0.4, -0.2) is 31.9 Å². The summed E-state index contributed by atoms with van der Waals surface area (Å²) in [6.45, 7) is 11.3. The molecule has 4 nitrogen and oxygen atoms in total. The van der Waals surface area contributed by atoms with Crippen LogP contribution in [0.25, 0.3) is 0 Å². The Labute approximate surface area is 129 Å². The highest BCUT2D eigenvalue weighted by atomic mass is 32.2. The van der Waals surface area contributed by atoms with Crippen molar-refractivity contribution < 1.29 is 8.42 Å². The highest BCUT2D eigenvalue weighted by Crippen LogP contribution is 2.20. The summed E-state index contributed by atoms with van der Waals surface area (Å²) < 4.78 is 26.7. The van der Waals surface area contributed by atoms with Crippen LogP contribution in [0.3, 0.4) is 0 Å². The molecule has 0 radical (unpaired) electrons. The minimum absolute atomic E-state index is 0.0372. The van der Waals surface area contributed by atoms with Crippen molar-refractivity contribution in [1.29, 1.82) is 0 Å². The Balaban J connectivity index is 2.96. The van der Waals surface area contributed by atoms with E-state index in [1.54, 1.807) is 12.1 Å². The van der Waals surface area contributed by atoms with Crippen LogP contribution in [0.1, 0.15) is 52.6 Å². The standard InChI is InChI=1S/C16H28N2O2S/c1-6-12-17-14(5)15-8-10-16(11-9-15)21(19,20)18(7-2)13(3)4/h8-11,13-14,17H,6-7,12H2,1-5H3. The maximum Gasteiger partial charge on any atom is 0.243 e. The van der Waals surface area contributed by atoms with Gasteiger partial charge in [-0.15, -0.1) is 0 Å². The predicted molar refractivity (Wildman–Crippen MR) is 87.9 cm³/mol. The molecule has 1 atom stereocenters. The fraction of sp³-hybridized carbons (Fsp3) is 0.625. The zero-order valence-corrected chi connectivity index (χ0v) is 14.6. The Morgan fingerprint density at radius 3 is 2.10 bits per heavy atom. The van der Waals surface area contributed by atoms with E-state index in [-0.39, 0.29) is 12.1 Å². The average Bonchev–Trinajstić information content (AvgIpc) is 2.44. The zero-order chi connectivity index (χ0) is 16.0. The molecule has 1 unspecified atom stereocenters. The van der Waals surface area contributed by atoms with E-state index < -0.39 is 10.0 Å². The first kappa shape index (κ1) is 18.1. The molecule has 0 aliphatic rings. The first-order chi connectivity index (χ1) is 9.84. The first-order valence-corrected chi connectivity index (χ1v) is 9.13. The molecule has 120 valence electrons. The Morgan fingerprint density at radius 2 is 1.67 bits per heavy atom. The lowest BCUT2D eigenvalue weighted by Crippen LogP contribution is -2.36. The third-order valence-electron chi connectivity index (χ3n) is 3.57. The SMILES string of the molecule is CCCNC(C)c1ccc(S(=O)(=O)N(CC)C(C)C)cc1. The van der Waals surface area contributed by atoms with E-state index in [0.717, 1.165) is 18.5 Å². The van der Waals surface area contributed by atoms with Crippen LogP contribution >= 0.6 is 0 Å².